The monoisotopic (exact) mass is 358 g/mol. The average Bonchev–Trinajstić information content (AvgIpc) is 2.67. The van der Waals surface area contributed by atoms with Crippen molar-refractivity contribution in [1.82, 2.24) is 4.98 Å². The standard InChI is InChI=1S/C20H17F3N2O/c21-20(22,23)17-9-7-14(8-10-17)18(24)19(26)15-5-3-13(4-6-15)16-2-1-11-25-12-16/h1-12,18-19,26H,24H2. The van der Waals surface area contributed by atoms with Gasteiger partial charge < -0.3 is 10.8 Å². The van der Waals surface area contributed by atoms with Gasteiger partial charge in [-0.3, -0.25) is 4.98 Å². The lowest BCUT2D eigenvalue weighted by atomic mass is 9.94. The van der Waals surface area contributed by atoms with Gasteiger partial charge in [0.25, 0.3) is 0 Å². The molecule has 0 saturated heterocycles. The summed E-state index contributed by atoms with van der Waals surface area (Å²) >= 11 is 0. The Morgan fingerprint density at radius 1 is 0.846 bits per heavy atom. The van der Waals surface area contributed by atoms with Crippen LogP contribution in [-0.2, 0) is 6.18 Å². The normalized spacial score (nSPS) is 14.0. The van der Waals surface area contributed by atoms with Gasteiger partial charge in [0.15, 0.2) is 0 Å². The Kier molecular flexibility index (Phi) is 5.06. The Bertz CT molecular complexity index is 847. The summed E-state index contributed by atoms with van der Waals surface area (Å²) in [5.74, 6) is 0. The van der Waals surface area contributed by atoms with E-state index >= 15 is 0 Å². The van der Waals surface area contributed by atoms with E-state index in [1.165, 1.54) is 12.1 Å². The highest BCUT2D eigenvalue weighted by atomic mass is 19.4. The molecule has 0 fully saturated rings. The summed E-state index contributed by atoms with van der Waals surface area (Å²) in [6.07, 6.45) is -2.01. The maximum Gasteiger partial charge on any atom is 0.416 e. The first-order chi connectivity index (χ1) is 12.4. The number of alkyl halides is 3. The zero-order chi connectivity index (χ0) is 18.7. The van der Waals surface area contributed by atoms with Gasteiger partial charge in [-0.25, -0.2) is 0 Å². The number of pyridine rings is 1. The van der Waals surface area contributed by atoms with Gasteiger partial charge in [0.05, 0.1) is 17.7 Å². The number of hydrogen-bond donors (Lipinski definition) is 2. The summed E-state index contributed by atoms with van der Waals surface area (Å²) in [6, 6.07) is 14.6. The summed E-state index contributed by atoms with van der Waals surface area (Å²) in [4.78, 5) is 4.06. The van der Waals surface area contributed by atoms with Gasteiger partial charge in [-0.15, -0.1) is 0 Å². The smallest absolute Gasteiger partial charge is 0.386 e. The number of hydrogen-bond acceptors (Lipinski definition) is 3. The molecule has 0 saturated carbocycles. The SMILES string of the molecule is NC(c1ccc(C(F)(F)F)cc1)C(O)c1ccc(-c2cccnc2)cc1. The van der Waals surface area contributed by atoms with E-state index in [2.05, 4.69) is 4.98 Å². The van der Waals surface area contributed by atoms with Crippen molar-refractivity contribution in [3.8, 4) is 11.1 Å². The van der Waals surface area contributed by atoms with E-state index < -0.39 is 23.9 Å². The molecule has 0 spiro atoms. The van der Waals surface area contributed by atoms with Gasteiger partial charge in [0.1, 0.15) is 0 Å². The van der Waals surface area contributed by atoms with Crippen LogP contribution in [0.15, 0.2) is 73.1 Å². The lowest BCUT2D eigenvalue weighted by Gasteiger charge is -2.20. The van der Waals surface area contributed by atoms with Gasteiger partial charge in [-0.2, -0.15) is 13.2 Å². The Hall–Kier alpha value is -2.70. The molecule has 2 unspecified atom stereocenters. The van der Waals surface area contributed by atoms with E-state index in [9.17, 15) is 18.3 Å². The number of halogens is 3. The number of aliphatic hydroxyl groups is 1. The molecule has 2 atom stereocenters. The number of nitrogens with zero attached hydrogens (tertiary/aromatic N) is 1. The minimum Gasteiger partial charge on any atom is -0.386 e. The van der Waals surface area contributed by atoms with Crippen LogP contribution >= 0.6 is 0 Å². The Morgan fingerprint density at radius 2 is 1.46 bits per heavy atom. The number of aromatic nitrogens is 1. The summed E-state index contributed by atoms with van der Waals surface area (Å²) in [7, 11) is 0. The van der Waals surface area contributed by atoms with Crippen LogP contribution in [0, 0.1) is 0 Å². The van der Waals surface area contributed by atoms with Gasteiger partial charge in [-0.1, -0.05) is 42.5 Å². The van der Waals surface area contributed by atoms with Crippen LogP contribution < -0.4 is 5.73 Å². The lowest BCUT2D eigenvalue weighted by molar-refractivity contribution is -0.137. The van der Waals surface area contributed by atoms with Crippen molar-refractivity contribution in [1.29, 1.82) is 0 Å². The summed E-state index contributed by atoms with van der Waals surface area (Å²) < 4.78 is 37.9. The second-order valence-electron chi connectivity index (χ2n) is 5.95. The first-order valence-corrected chi connectivity index (χ1v) is 7.97. The molecule has 3 N–H and O–H groups in total. The maximum absolute atomic E-state index is 12.6. The molecule has 0 amide bonds. The zero-order valence-electron chi connectivity index (χ0n) is 13.7. The van der Waals surface area contributed by atoms with Gasteiger partial charge >= 0.3 is 6.18 Å². The van der Waals surface area contributed by atoms with Crippen LogP contribution in [0.4, 0.5) is 13.2 Å². The van der Waals surface area contributed by atoms with E-state index in [1.807, 2.05) is 24.3 Å². The molecule has 0 radical (unpaired) electrons. The molecule has 0 aliphatic rings. The van der Waals surface area contributed by atoms with Crippen molar-refractivity contribution in [3.63, 3.8) is 0 Å². The van der Waals surface area contributed by atoms with Crippen LogP contribution in [0.25, 0.3) is 11.1 Å². The fraction of sp³-hybridized carbons (Fsp3) is 0.150. The van der Waals surface area contributed by atoms with Gasteiger partial charge in [0.2, 0.25) is 0 Å². The van der Waals surface area contributed by atoms with E-state index in [0.717, 1.165) is 23.3 Å². The van der Waals surface area contributed by atoms with E-state index in [-0.39, 0.29) is 0 Å². The summed E-state index contributed by atoms with van der Waals surface area (Å²) in [5.41, 5.74) is 8.20. The molecule has 1 aromatic heterocycles. The Labute approximate surface area is 148 Å². The maximum atomic E-state index is 12.6. The molecule has 0 aliphatic carbocycles. The second kappa shape index (κ2) is 7.27. The Balaban J connectivity index is 1.77. The number of aliphatic hydroxyl groups excluding tert-OH is 1. The second-order valence-corrected chi connectivity index (χ2v) is 5.95. The first kappa shape index (κ1) is 18.1. The van der Waals surface area contributed by atoms with Crippen LogP contribution in [0.3, 0.4) is 0 Å². The van der Waals surface area contributed by atoms with Crippen molar-refractivity contribution in [2.75, 3.05) is 0 Å². The molecule has 3 nitrogen and oxygen atoms in total. The summed E-state index contributed by atoms with van der Waals surface area (Å²) in [5, 5.41) is 10.5. The quantitative estimate of drug-likeness (QED) is 0.722. The minimum absolute atomic E-state index is 0.432. The lowest BCUT2D eigenvalue weighted by Crippen LogP contribution is -2.19. The van der Waals surface area contributed by atoms with Crippen LogP contribution in [0.1, 0.15) is 28.8 Å². The molecule has 26 heavy (non-hydrogen) atoms. The zero-order valence-corrected chi connectivity index (χ0v) is 13.7. The molecular weight excluding hydrogens is 341 g/mol. The molecule has 3 aromatic rings. The van der Waals surface area contributed by atoms with Crippen molar-refractivity contribution in [2.24, 2.45) is 5.73 Å². The largest absolute Gasteiger partial charge is 0.416 e. The van der Waals surface area contributed by atoms with E-state index in [0.29, 0.717) is 11.1 Å². The fourth-order valence-electron chi connectivity index (χ4n) is 2.69. The number of rotatable bonds is 4. The van der Waals surface area contributed by atoms with Crippen molar-refractivity contribution in [2.45, 2.75) is 18.3 Å². The predicted molar refractivity (Wildman–Crippen MR) is 93.0 cm³/mol. The molecule has 6 heteroatoms. The highest BCUT2D eigenvalue weighted by molar-refractivity contribution is 5.62. The summed E-state index contributed by atoms with van der Waals surface area (Å²) in [6.45, 7) is 0. The average molecular weight is 358 g/mol. The number of benzene rings is 2. The third-order valence-electron chi connectivity index (χ3n) is 4.21. The van der Waals surface area contributed by atoms with Crippen molar-refractivity contribution in [3.05, 3.63) is 89.7 Å². The van der Waals surface area contributed by atoms with Gasteiger partial charge in [0, 0.05) is 12.4 Å². The minimum atomic E-state index is -4.40. The fourth-order valence-corrected chi connectivity index (χ4v) is 2.69. The van der Waals surface area contributed by atoms with Gasteiger partial charge in [-0.05, 0) is 40.5 Å². The topological polar surface area (TPSA) is 59.1 Å². The van der Waals surface area contributed by atoms with Crippen LogP contribution in [0.2, 0.25) is 0 Å². The molecule has 2 aromatic carbocycles. The molecule has 134 valence electrons. The van der Waals surface area contributed by atoms with Crippen LogP contribution in [-0.4, -0.2) is 10.1 Å². The third-order valence-corrected chi connectivity index (χ3v) is 4.21. The van der Waals surface area contributed by atoms with E-state index in [4.69, 9.17) is 5.73 Å². The van der Waals surface area contributed by atoms with Crippen molar-refractivity contribution >= 4 is 0 Å². The van der Waals surface area contributed by atoms with Crippen molar-refractivity contribution < 1.29 is 18.3 Å². The molecule has 3 rings (SSSR count). The Morgan fingerprint density at radius 3 is 2.00 bits per heavy atom. The molecular formula is C20H17F3N2O. The highest BCUT2D eigenvalue weighted by Gasteiger charge is 2.30. The third kappa shape index (κ3) is 3.92. The number of nitrogens with two attached hydrogens (primary N) is 1. The molecule has 1 heterocycles. The first-order valence-electron chi connectivity index (χ1n) is 7.97. The molecule has 0 bridgehead atoms. The van der Waals surface area contributed by atoms with E-state index in [1.54, 1.807) is 24.5 Å². The molecule has 0 aliphatic heterocycles. The van der Waals surface area contributed by atoms with Crippen LogP contribution in [0.5, 0.6) is 0 Å². The highest BCUT2D eigenvalue weighted by Crippen LogP contribution is 2.32. The predicted octanol–water partition coefficient (Wildman–Crippen LogP) is 4.50.